The molecule has 2 fully saturated rings. The Morgan fingerprint density at radius 1 is 1.38 bits per heavy atom. The number of rotatable bonds is 2. The highest BCUT2D eigenvalue weighted by molar-refractivity contribution is 5.70. The third kappa shape index (κ3) is 2.08. The van der Waals surface area contributed by atoms with Gasteiger partial charge in [-0.05, 0) is 12.1 Å². The van der Waals surface area contributed by atoms with Gasteiger partial charge < -0.3 is 14.2 Å². The van der Waals surface area contributed by atoms with Gasteiger partial charge in [0.2, 0.25) is 0 Å². The van der Waals surface area contributed by atoms with Crippen molar-refractivity contribution in [3.63, 3.8) is 0 Å². The van der Waals surface area contributed by atoms with E-state index in [9.17, 15) is 4.79 Å². The van der Waals surface area contributed by atoms with Crippen LogP contribution in [0.5, 0.6) is 0 Å². The average molecular weight is 291 g/mol. The molecule has 0 radical (unpaired) electrons. The molecule has 2 aliphatic heterocycles. The van der Waals surface area contributed by atoms with Gasteiger partial charge in [0.25, 0.3) is 0 Å². The van der Waals surface area contributed by atoms with E-state index in [1.807, 2.05) is 12.1 Å². The molecule has 4 heterocycles. The normalized spacial score (nSPS) is 24.9. The van der Waals surface area contributed by atoms with Gasteiger partial charge in [-0.15, -0.1) is 0 Å². The van der Waals surface area contributed by atoms with Crippen molar-refractivity contribution in [2.24, 2.45) is 5.92 Å². The number of aromatic nitrogens is 3. The molecule has 1 unspecified atom stereocenters. The van der Waals surface area contributed by atoms with E-state index < -0.39 is 5.79 Å². The lowest BCUT2D eigenvalue weighted by Crippen LogP contribution is -2.48. The van der Waals surface area contributed by atoms with E-state index in [4.69, 9.17) is 14.2 Å². The standard InChI is InChI=1S/C14H17N3O4/c18-13-16-12-11(2-1-4-15-12)17(13)8-10-9-19-5-3-14(10)20-6-7-21-14/h1-2,4,10H,3,5-9H2,(H,15,16,18). The largest absolute Gasteiger partial charge is 0.381 e. The first-order chi connectivity index (χ1) is 10.3. The van der Waals surface area contributed by atoms with Crippen LogP contribution in [0.25, 0.3) is 11.2 Å². The van der Waals surface area contributed by atoms with Gasteiger partial charge >= 0.3 is 5.69 Å². The van der Waals surface area contributed by atoms with Crippen molar-refractivity contribution in [1.29, 1.82) is 0 Å². The molecular weight excluding hydrogens is 274 g/mol. The summed E-state index contributed by atoms with van der Waals surface area (Å²) in [7, 11) is 0. The monoisotopic (exact) mass is 291 g/mol. The predicted molar refractivity (Wildman–Crippen MR) is 73.9 cm³/mol. The molecule has 1 atom stereocenters. The van der Waals surface area contributed by atoms with Gasteiger partial charge in [-0.25, -0.2) is 9.78 Å². The van der Waals surface area contributed by atoms with Gasteiger partial charge in [-0.1, -0.05) is 0 Å². The van der Waals surface area contributed by atoms with Crippen molar-refractivity contribution in [3.8, 4) is 0 Å². The van der Waals surface area contributed by atoms with E-state index in [0.29, 0.717) is 45.0 Å². The summed E-state index contributed by atoms with van der Waals surface area (Å²) in [6.45, 7) is 2.84. The second kappa shape index (κ2) is 4.94. The summed E-state index contributed by atoms with van der Waals surface area (Å²) in [6, 6.07) is 3.70. The number of imidazole rings is 1. The van der Waals surface area contributed by atoms with Crippen LogP contribution >= 0.6 is 0 Å². The first-order valence-electron chi connectivity index (χ1n) is 7.18. The zero-order valence-corrected chi connectivity index (χ0v) is 11.6. The minimum absolute atomic E-state index is 0.00865. The van der Waals surface area contributed by atoms with Crippen LogP contribution in [0.15, 0.2) is 23.1 Å². The number of ether oxygens (including phenoxy) is 3. The molecule has 2 aromatic heterocycles. The highest BCUT2D eigenvalue weighted by Gasteiger charge is 2.46. The van der Waals surface area contributed by atoms with Crippen molar-refractivity contribution >= 4 is 11.2 Å². The Labute approximate surface area is 120 Å². The zero-order chi connectivity index (χ0) is 14.3. The Balaban J connectivity index is 1.70. The quantitative estimate of drug-likeness (QED) is 0.872. The van der Waals surface area contributed by atoms with E-state index >= 15 is 0 Å². The van der Waals surface area contributed by atoms with Crippen molar-refractivity contribution in [1.82, 2.24) is 14.5 Å². The number of pyridine rings is 1. The molecule has 21 heavy (non-hydrogen) atoms. The highest BCUT2D eigenvalue weighted by Crippen LogP contribution is 2.36. The maximum atomic E-state index is 12.2. The summed E-state index contributed by atoms with van der Waals surface area (Å²) in [5, 5.41) is 0. The van der Waals surface area contributed by atoms with E-state index in [2.05, 4.69) is 9.97 Å². The second-order valence-electron chi connectivity index (χ2n) is 5.44. The fourth-order valence-corrected chi connectivity index (χ4v) is 3.20. The first kappa shape index (κ1) is 13.0. The van der Waals surface area contributed by atoms with Crippen LogP contribution in [-0.4, -0.2) is 46.7 Å². The van der Waals surface area contributed by atoms with Crippen LogP contribution in [-0.2, 0) is 20.8 Å². The molecule has 112 valence electrons. The summed E-state index contributed by atoms with van der Waals surface area (Å²) in [6.07, 6.45) is 2.37. The van der Waals surface area contributed by atoms with Gasteiger partial charge in [0.1, 0.15) is 0 Å². The number of nitrogens with one attached hydrogen (secondary N) is 1. The Bertz CT molecular complexity index is 702. The number of nitrogens with zero attached hydrogens (tertiary/aromatic N) is 2. The molecule has 1 N–H and O–H groups in total. The molecule has 0 bridgehead atoms. The zero-order valence-electron chi connectivity index (χ0n) is 11.6. The Morgan fingerprint density at radius 3 is 3.10 bits per heavy atom. The molecule has 0 saturated carbocycles. The SMILES string of the molecule is O=c1[nH]c2ncccc2n1CC1COCCC12OCCO2. The number of fused-ring (bicyclic) bond motifs is 1. The lowest BCUT2D eigenvalue weighted by atomic mass is 9.94. The van der Waals surface area contributed by atoms with E-state index in [-0.39, 0.29) is 11.6 Å². The van der Waals surface area contributed by atoms with Gasteiger partial charge in [0.15, 0.2) is 11.4 Å². The van der Waals surface area contributed by atoms with Gasteiger partial charge in [0, 0.05) is 19.2 Å². The fourth-order valence-electron chi connectivity index (χ4n) is 3.20. The first-order valence-corrected chi connectivity index (χ1v) is 7.18. The van der Waals surface area contributed by atoms with E-state index in [0.717, 1.165) is 5.52 Å². The van der Waals surface area contributed by atoms with E-state index in [1.165, 1.54) is 0 Å². The lowest BCUT2D eigenvalue weighted by molar-refractivity contribution is -0.242. The molecule has 0 amide bonds. The summed E-state index contributed by atoms with van der Waals surface area (Å²) in [5.41, 5.74) is 1.23. The van der Waals surface area contributed by atoms with Crippen molar-refractivity contribution in [3.05, 3.63) is 28.8 Å². The number of H-pyrrole nitrogens is 1. The maximum Gasteiger partial charge on any atom is 0.327 e. The average Bonchev–Trinajstić information content (AvgIpc) is 3.08. The molecule has 2 aliphatic rings. The minimum atomic E-state index is -0.608. The second-order valence-corrected chi connectivity index (χ2v) is 5.44. The molecule has 0 aromatic carbocycles. The summed E-state index contributed by atoms with van der Waals surface area (Å²) < 4.78 is 19.0. The fraction of sp³-hybridized carbons (Fsp3) is 0.571. The van der Waals surface area contributed by atoms with Gasteiger partial charge in [-0.3, -0.25) is 9.55 Å². The lowest BCUT2D eigenvalue weighted by Gasteiger charge is -2.39. The van der Waals surface area contributed by atoms with Gasteiger partial charge in [-0.2, -0.15) is 0 Å². The molecular formula is C14H17N3O4. The molecule has 1 spiro atoms. The molecule has 7 heteroatoms. The van der Waals surface area contributed by atoms with Crippen molar-refractivity contribution in [2.45, 2.75) is 18.8 Å². The minimum Gasteiger partial charge on any atom is -0.381 e. The smallest absolute Gasteiger partial charge is 0.327 e. The maximum absolute atomic E-state index is 12.2. The van der Waals surface area contributed by atoms with Crippen LogP contribution in [0, 0.1) is 5.92 Å². The highest BCUT2D eigenvalue weighted by atomic mass is 16.7. The molecule has 2 aromatic rings. The van der Waals surface area contributed by atoms with Crippen LogP contribution < -0.4 is 5.69 Å². The Kier molecular flexibility index (Phi) is 3.06. The number of hydrogen-bond donors (Lipinski definition) is 1. The third-order valence-electron chi connectivity index (χ3n) is 4.26. The molecule has 7 nitrogen and oxygen atoms in total. The summed E-state index contributed by atoms with van der Waals surface area (Å²) in [5.74, 6) is -0.616. The summed E-state index contributed by atoms with van der Waals surface area (Å²) >= 11 is 0. The van der Waals surface area contributed by atoms with Crippen molar-refractivity contribution in [2.75, 3.05) is 26.4 Å². The van der Waals surface area contributed by atoms with Crippen LogP contribution in [0.4, 0.5) is 0 Å². The Hall–Kier alpha value is -1.70. The Morgan fingerprint density at radius 2 is 2.24 bits per heavy atom. The topological polar surface area (TPSA) is 78.4 Å². The molecule has 2 saturated heterocycles. The van der Waals surface area contributed by atoms with Crippen molar-refractivity contribution < 1.29 is 14.2 Å². The predicted octanol–water partition coefficient (Wildman–Crippen LogP) is 0.504. The summed E-state index contributed by atoms with van der Waals surface area (Å²) in [4.78, 5) is 19.1. The van der Waals surface area contributed by atoms with Crippen LogP contribution in [0.1, 0.15) is 6.42 Å². The van der Waals surface area contributed by atoms with Gasteiger partial charge in [0.05, 0.1) is 37.9 Å². The molecule has 0 aliphatic carbocycles. The van der Waals surface area contributed by atoms with E-state index in [1.54, 1.807) is 10.8 Å². The number of hydrogen-bond acceptors (Lipinski definition) is 5. The van der Waals surface area contributed by atoms with Crippen LogP contribution in [0.2, 0.25) is 0 Å². The number of aromatic amines is 1. The van der Waals surface area contributed by atoms with Crippen LogP contribution in [0.3, 0.4) is 0 Å². The third-order valence-corrected chi connectivity index (χ3v) is 4.26. The molecule has 4 rings (SSSR count).